The van der Waals surface area contributed by atoms with Crippen molar-refractivity contribution in [3.8, 4) is 0 Å². The average Bonchev–Trinajstić information content (AvgIpc) is 2.59. The summed E-state index contributed by atoms with van der Waals surface area (Å²) in [4.78, 5) is 15.9. The molecule has 2 N–H and O–H groups in total. The second kappa shape index (κ2) is 5.35. The Hall–Kier alpha value is -0.770. The van der Waals surface area contributed by atoms with Gasteiger partial charge in [0.2, 0.25) is 0 Å². The molecule has 1 heterocycles. The monoisotopic (exact) mass is 213 g/mol. The number of rotatable bonds is 3. The van der Waals surface area contributed by atoms with Crippen molar-refractivity contribution in [3.05, 3.63) is 0 Å². The molecule has 15 heavy (non-hydrogen) atoms. The summed E-state index contributed by atoms with van der Waals surface area (Å²) in [6, 6.07) is 0.386. The summed E-state index contributed by atoms with van der Waals surface area (Å²) in [7, 11) is 0. The molecule has 88 valence electrons. The van der Waals surface area contributed by atoms with Gasteiger partial charge in [-0.2, -0.15) is 0 Å². The van der Waals surface area contributed by atoms with Gasteiger partial charge in [-0.1, -0.05) is 6.92 Å². The van der Waals surface area contributed by atoms with Crippen LogP contribution in [0.5, 0.6) is 0 Å². The lowest BCUT2D eigenvalue weighted by Gasteiger charge is -2.30. The summed E-state index contributed by atoms with van der Waals surface area (Å²) in [6.45, 7) is 9.24. The van der Waals surface area contributed by atoms with Gasteiger partial charge in [-0.05, 0) is 26.2 Å². The molecule has 4 heteroatoms. The molecule has 0 saturated carbocycles. The van der Waals surface area contributed by atoms with Crippen molar-refractivity contribution >= 4 is 6.03 Å². The molecule has 1 rings (SSSR count). The molecule has 1 saturated heterocycles. The van der Waals surface area contributed by atoms with Gasteiger partial charge in [0.05, 0.1) is 0 Å². The number of nitrogens with zero attached hydrogens (tertiary/aromatic N) is 2. The Morgan fingerprint density at radius 1 is 1.60 bits per heavy atom. The van der Waals surface area contributed by atoms with Crippen LogP contribution in [0.3, 0.4) is 0 Å². The molecule has 0 spiro atoms. The molecule has 1 atom stereocenters. The van der Waals surface area contributed by atoms with Gasteiger partial charge in [0.15, 0.2) is 0 Å². The number of carbonyl (C=O) groups is 1. The van der Waals surface area contributed by atoms with Crippen molar-refractivity contribution in [2.24, 2.45) is 11.7 Å². The van der Waals surface area contributed by atoms with Gasteiger partial charge >= 0.3 is 6.03 Å². The minimum Gasteiger partial charge on any atom is -0.329 e. The highest BCUT2D eigenvalue weighted by Gasteiger charge is 2.27. The molecular weight excluding hydrogens is 190 g/mol. The molecule has 0 aromatic rings. The zero-order valence-corrected chi connectivity index (χ0v) is 10.1. The number of hydrogen-bond acceptors (Lipinski definition) is 2. The molecule has 4 nitrogen and oxygen atoms in total. The van der Waals surface area contributed by atoms with Crippen LogP contribution in [-0.4, -0.2) is 48.1 Å². The summed E-state index contributed by atoms with van der Waals surface area (Å²) < 4.78 is 0. The molecule has 0 aliphatic carbocycles. The van der Waals surface area contributed by atoms with Crippen LogP contribution in [0.15, 0.2) is 0 Å². The maximum absolute atomic E-state index is 12.1. The summed E-state index contributed by atoms with van der Waals surface area (Å²) in [6.07, 6.45) is 1.13. The van der Waals surface area contributed by atoms with Crippen molar-refractivity contribution < 1.29 is 4.79 Å². The Bertz CT molecular complexity index is 218. The van der Waals surface area contributed by atoms with Crippen LogP contribution >= 0.6 is 0 Å². The quantitative estimate of drug-likeness (QED) is 0.763. The van der Waals surface area contributed by atoms with E-state index in [1.807, 2.05) is 23.6 Å². The fourth-order valence-corrected chi connectivity index (χ4v) is 2.00. The molecule has 2 amide bonds. The van der Waals surface area contributed by atoms with Crippen LogP contribution in [0.4, 0.5) is 4.79 Å². The second-order valence-electron chi connectivity index (χ2n) is 4.70. The first-order valence-corrected chi connectivity index (χ1v) is 5.82. The van der Waals surface area contributed by atoms with Crippen LogP contribution in [0.1, 0.15) is 27.2 Å². The van der Waals surface area contributed by atoms with E-state index in [1.54, 1.807) is 0 Å². The molecule has 1 aliphatic heterocycles. The lowest BCUT2D eigenvalue weighted by molar-refractivity contribution is 0.149. The van der Waals surface area contributed by atoms with Crippen molar-refractivity contribution in [1.29, 1.82) is 0 Å². The van der Waals surface area contributed by atoms with Gasteiger partial charge in [-0.15, -0.1) is 0 Å². The van der Waals surface area contributed by atoms with Gasteiger partial charge in [-0.25, -0.2) is 4.79 Å². The first-order chi connectivity index (χ1) is 7.06. The zero-order chi connectivity index (χ0) is 11.4. The Kier molecular flexibility index (Phi) is 4.39. The van der Waals surface area contributed by atoms with Crippen LogP contribution < -0.4 is 5.73 Å². The van der Waals surface area contributed by atoms with Gasteiger partial charge < -0.3 is 15.5 Å². The van der Waals surface area contributed by atoms with Crippen molar-refractivity contribution in [2.75, 3.05) is 26.2 Å². The molecule has 0 radical (unpaired) electrons. The van der Waals surface area contributed by atoms with Crippen molar-refractivity contribution in [3.63, 3.8) is 0 Å². The minimum absolute atomic E-state index is 0.153. The molecule has 0 aromatic carbocycles. The SMILES string of the molecule is CC1CCN(C(=O)N(CCN)C(C)C)C1. The third kappa shape index (κ3) is 3.09. The Morgan fingerprint density at radius 2 is 2.27 bits per heavy atom. The predicted octanol–water partition coefficient (Wildman–Crippen LogP) is 1.12. The van der Waals surface area contributed by atoms with E-state index >= 15 is 0 Å². The molecule has 0 aromatic heterocycles. The number of hydrogen-bond donors (Lipinski definition) is 1. The van der Waals surface area contributed by atoms with E-state index in [9.17, 15) is 4.79 Å². The first-order valence-electron chi connectivity index (χ1n) is 5.82. The maximum Gasteiger partial charge on any atom is 0.320 e. The predicted molar refractivity (Wildman–Crippen MR) is 61.6 cm³/mol. The topological polar surface area (TPSA) is 49.6 Å². The second-order valence-corrected chi connectivity index (χ2v) is 4.70. The van der Waals surface area contributed by atoms with Gasteiger partial charge in [0.25, 0.3) is 0 Å². The van der Waals surface area contributed by atoms with Crippen molar-refractivity contribution in [1.82, 2.24) is 9.80 Å². The fourth-order valence-electron chi connectivity index (χ4n) is 2.00. The molecule has 1 aliphatic rings. The summed E-state index contributed by atoms with van der Waals surface area (Å²) in [5.74, 6) is 0.640. The number of nitrogens with two attached hydrogens (primary N) is 1. The van der Waals surface area contributed by atoms with Crippen LogP contribution in [0.25, 0.3) is 0 Å². The fraction of sp³-hybridized carbons (Fsp3) is 0.909. The lowest BCUT2D eigenvalue weighted by atomic mass is 10.2. The third-order valence-corrected chi connectivity index (χ3v) is 2.93. The number of urea groups is 1. The summed E-state index contributed by atoms with van der Waals surface area (Å²) in [5.41, 5.74) is 5.52. The lowest BCUT2D eigenvalue weighted by Crippen LogP contribution is -2.47. The highest BCUT2D eigenvalue weighted by Crippen LogP contribution is 2.17. The first kappa shape index (κ1) is 12.3. The number of carbonyl (C=O) groups excluding carboxylic acids is 1. The van der Waals surface area contributed by atoms with E-state index in [2.05, 4.69) is 6.92 Å². The van der Waals surface area contributed by atoms with E-state index in [-0.39, 0.29) is 12.1 Å². The summed E-state index contributed by atoms with van der Waals surface area (Å²) >= 11 is 0. The standard InChI is InChI=1S/C11H23N3O/c1-9(2)14(7-5-12)11(15)13-6-4-10(3)8-13/h9-10H,4-8,12H2,1-3H3. The minimum atomic E-state index is 0.153. The Balaban J connectivity index is 2.55. The van der Waals surface area contributed by atoms with E-state index in [0.29, 0.717) is 19.0 Å². The van der Waals surface area contributed by atoms with Crippen LogP contribution in [0, 0.1) is 5.92 Å². The van der Waals surface area contributed by atoms with E-state index < -0.39 is 0 Å². The van der Waals surface area contributed by atoms with E-state index in [0.717, 1.165) is 19.5 Å². The Morgan fingerprint density at radius 3 is 2.67 bits per heavy atom. The van der Waals surface area contributed by atoms with E-state index in [4.69, 9.17) is 5.73 Å². The maximum atomic E-state index is 12.1. The van der Waals surface area contributed by atoms with Crippen LogP contribution in [0.2, 0.25) is 0 Å². The molecule has 0 bridgehead atoms. The number of likely N-dealkylation sites (tertiary alicyclic amines) is 1. The molecular formula is C11H23N3O. The van der Waals surface area contributed by atoms with Gasteiger partial charge in [0.1, 0.15) is 0 Å². The normalized spacial score (nSPS) is 21.1. The third-order valence-electron chi connectivity index (χ3n) is 2.93. The smallest absolute Gasteiger partial charge is 0.320 e. The summed E-state index contributed by atoms with van der Waals surface area (Å²) in [5, 5.41) is 0. The van der Waals surface area contributed by atoms with Gasteiger partial charge in [0, 0.05) is 32.2 Å². The molecule has 1 fully saturated rings. The zero-order valence-electron chi connectivity index (χ0n) is 10.1. The average molecular weight is 213 g/mol. The van der Waals surface area contributed by atoms with Gasteiger partial charge in [-0.3, -0.25) is 0 Å². The largest absolute Gasteiger partial charge is 0.329 e. The van der Waals surface area contributed by atoms with Crippen molar-refractivity contribution in [2.45, 2.75) is 33.2 Å². The molecule has 1 unspecified atom stereocenters. The van der Waals surface area contributed by atoms with E-state index in [1.165, 1.54) is 0 Å². The Labute approximate surface area is 92.4 Å². The highest BCUT2D eigenvalue weighted by atomic mass is 16.2. The van der Waals surface area contributed by atoms with Crippen LogP contribution in [-0.2, 0) is 0 Å². The highest BCUT2D eigenvalue weighted by molar-refractivity contribution is 5.75. The number of amides is 2.